The fourth-order valence-electron chi connectivity index (χ4n) is 13.9. The predicted molar refractivity (Wildman–Crippen MR) is 323 cm³/mol. The van der Waals surface area contributed by atoms with Crippen LogP contribution in [0.25, 0.3) is 39.0 Å². The Morgan fingerprint density at radius 2 is 1.14 bits per heavy atom. The van der Waals surface area contributed by atoms with Crippen molar-refractivity contribution in [3.63, 3.8) is 0 Å². The number of nitrogens with one attached hydrogen (secondary N) is 1. The summed E-state index contributed by atoms with van der Waals surface area (Å²) in [5, 5.41) is 4.19. The van der Waals surface area contributed by atoms with Crippen molar-refractivity contribution in [3.8, 4) is 33.4 Å². The van der Waals surface area contributed by atoms with Gasteiger partial charge in [0.1, 0.15) is 0 Å². The van der Waals surface area contributed by atoms with Crippen LogP contribution in [-0.4, -0.2) is 14.3 Å². The van der Waals surface area contributed by atoms with Crippen molar-refractivity contribution in [1.29, 1.82) is 0 Å². The van der Waals surface area contributed by atoms with E-state index in [4.69, 9.17) is 0 Å². The van der Waals surface area contributed by atoms with Crippen molar-refractivity contribution in [2.24, 2.45) is 0 Å². The highest BCUT2D eigenvalue weighted by Gasteiger charge is 2.42. The molecule has 74 heavy (non-hydrogen) atoms. The third kappa shape index (κ3) is 8.42. The number of nitrogens with zero attached hydrogens (tertiary/aromatic N) is 1. The minimum atomic E-state index is -0.212. The largest absolute Gasteiger partial charge is 0.355 e. The van der Waals surface area contributed by atoms with Gasteiger partial charge in [0, 0.05) is 40.8 Å². The topological polar surface area (TPSA) is 15.3 Å². The van der Waals surface area contributed by atoms with Crippen LogP contribution in [0.4, 0.5) is 22.7 Å². The Bertz CT molecular complexity index is 3460. The molecule has 0 aliphatic heterocycles. The van der Waals surface area contributed by atoms with Gasteiger partial charge in [0.2, 0.25) is 0 Å². The van der Waals surface area contributed by atoms with Crippen molar-refractivity contribution in [2.45, 2.75) is 156 Å². The number of rotatable bonds is 9. The Labute approximate surface area is 445 Å². The Morgan fingerprint density at radius 1 is 0.486 bits per heavy atom. The molecule has 0 spiro atoms. The molecule has 0 saturated heterocycles. The molecule has 0 unspecified atom stereocenters. The molecule has 7 aromatic rings. The molecule has 4 aliphatic carbocycles. The molecule has 7 aromatic carbocycles. The summed E-state index contributed by atoms with van der Waals surface area (Å²) in [5.74, 6) is 0. The number of anilines is 4. The molecule has 0 radical (unpaired) electrons. The standard InChI is InChI=1S/C71H79BN2/c1-44-22-18-19-25-50(44)53-42-54(65-62(33-30-52-51-26-20-21-27-55(51)71(12,13)66(52)65)73-49-29-31-56-58(41-49)69(8,9)35-34-67(56,4)5)61(39-45(53)2)72-60-32-28-48(47-23-16-15-17-24-47)40-64(60)74(14)63-43-59-57(38-46(63)3)68(6,7)36-37-70(59,10)11/h15-19,21-25,27-33,38-43,72-73H,20,26,34-37H2,1-14H3. The van der Waals surface area contributed by atoms with E-state index in [1.807, 2.05) is 0 Å². The van der Waals surface area contributed by atoms with E-state index in [-0.39, 0.29) is 27.1 Å². The van der Waals surface area contributed by atoms with Gasteiger partial charge in [-0.05, 0) is 206 Å². The van der Waals surface area contributed by atoms with Gasteiger partial charge in [-0.2, -0.15) is 0 Å². The smallest absolute Gasteiger partial charge is 0.195 e. The maximum absolute atomic E-state index is 4.19. The van der Waals surface area contributed by atoms with Gasteiger partial charge >= 0.3 is 0 Å². The monoisotopic (exact) mass is 971 g/mol. The molecule has 0 bridgehead atoms. The van der Waals surface area contributed by atoms with E-state index in [1.165, 1.54) is 148 Å². The lowest BCUT2D eigenvalue weighted by atomic mass is 9.59. The van der Waals surface area contributed by atoms with E-state index in [2.05, 4.69) is 247 Å². The van der Waals surface area contributed by atoms with Crippen LogP contribution in [0.1, 0.15) is 158 Å². The molecule has 2 nitrogen and oxygen atoms in total. The molecule has 376 valence electrons. The zero-order valence-corrected chi connectivity index (χ0v) is 47.2. The number of fused-ring (bicyclic) bond motifs is 4. The highest BCUT2D eigenvalue weighted by atomic mass is 15.1. The van der Waals surface area contributed by atoms with E-state index in [1.54, 1.807) is 0 Å². The number of allylic oxidation sites excluding steroid dienone is 4. The molecule has 3 heteroatoms. The maximum Gasteiger partial charge on any atom is 0.195 e. The molecule has 4 aliphatic rings. The minimum absolute atomic E-state index is 0.0958. The van der Waals surface area contributed by atoms with E-state index >= 15 is 0 Å². The van der Waals surface area contributed by atoms with Gasteiger partial charge in [0.25, 0.3) is 0 Å². The third-order valence-corrected chi connectivity index (χ3v) is 18.8. The second-order valence-corrected chi connectivity index (χ2v) is 26.1. The first-order valence-corrected chi connectivity index (χ1v) is 27.8. The number of aryl methyl sites for hydroxylation is 3. The van der Waals surface area contributed by atoms with Gasteiger partial charge in [-0.25, -0.2) is 0 Å². The van der Waals surface area contributed by atoms with Crippen molar-refractivity contribution >= 4 is 46.5 Å². The fourth-order valence-corrected chi connectivity index (χ4v) is 13.9. The number of hydrogen-bond acceptors (Lipinski definition) is 2. The molecule has 0 amide bonds. The first kappa shape index (κ1) is 49.9. The summed E-state index contributed by atoms with van der Waals surface area (Å²) in [6.45, 7) is 31.4. The molecule has 0 atom stereocenters. The van der Waals surface area contributed by atoms with E-state index in [9.17, 15) is 0 Å². The minimum Gasteiger partial charge on any atom is -0.355 e. The average Bonchev–Trinajstić information content (AvgIpc) is 3.61. The molecule has 0 fully saturated rings. The molecule has 0 saturated carbocycles. The predicted octanol–water partition coefficient (Wildman–Crippen LogP) is 17.6. The molecule has 0 heterocycles. The summed E-state index contributed by atoms with van der Waals surface area (Å²) < 4.78 is 0. The number of benzene rings is 7. The van der Waals surface area contributed by atoms with Crippen LogP contribution in [0.5, 0.6) is 0 Å². The van der Waals surface area contributed by atoms with Crippen molar-refractivity contribution in [1.82, 2.24) is 0 Å². The third-order valence-electron chi connectivity index (χ3n) is 18.8. The molecule has 0 aromatic heterocycles. The van der Waals surface area contributed by atoms with Crippen molar-refractivity contribution in [3.05, 3.63) is 195 Å². The fraction of sp³-hybridized carbons (Fsp3) is 0.352. The summed E-state index contributed by atoms with van der Waals surface area (Å²) in [6, 6.07) is 49.5. The molecular formula is C71H79BN2. The van der Waals surface area contributed by atoms with Crippen LogP contribution in [0.2, 0.25) is 0 Å². The lowest BCUT2D eigenvalue weighted by Crippen LogP contribution is -2.35. The van der Waals surface area contributed by atoms with Gasteiger partial charge in [0.05, 0.1) is 0 Å². The second-order valence-electron chi connectivity index (χ2n) is 26.1. The van der Waals surface area contributed by atoms with E-state index in [0.29, 0.717) is 0 Å². The van der Waals surface area contributed by atoms with E-state index in [0.717, 1.165) is 25.8 Å². The molecule has 1 N–H and O–H groups in total. The lowest BCUT2D eigenvalue weighted by molar-refractivity contribution is 0.332. The zero-order valence-electron chi connectivity index (χ0n) is 47.2. The van der Waals surface area contributed by atoms with Crippen LogP contribution in [0, 0.1) is 20.8 Å². The maximum atomic E-state index is 4.19. The van der Waals surface area contributed by atoms with E-state index < -0.39 is 0 Å². The Morgan fingerprint density at radius 3 is 1.84 bits per heavy atom. The van der Waals surface area contributed by atoms with Crippen LogP contribution in [0.15, 0.2) is 145 Å². The summed E-state index contributed by atoms with van der Waals surface area (Å²) >= 11 is 0. The van der Waals surface area contributed by atoms with Crippen LogP contribution in [-0.2, 0) is 27.1 Å². The Balaban J connectivity index is 1.15. The van der Waals surface area contributed by atoms with Crippen LogP contribution in [0.3, 0.4) is 0 Å². The number of hydrogen-bond donors (Lipinski definition) is 1. The summed E-state index contributed by atoms with van der Waals surface area (Å²) in [4.78, 5) is 2.52. The van der Waals surface area contributed by atoms with Gasteiger partial charge in [-0.15, -0.1) is 0 Å². The second kappa shape index (κ2) is 17.9. The van der Waals surface area contributed by atoms with Crippen LogP contribution >= 0.6 is 0 Å². The van der Waals surface area contributed by atoms with Crippen LogP contribution < -0.4 is 21.1 Å². The highest BCUT2D eigenvalue weighted by Crippen LogP contribution is 2.56. The zero-order chi connectivity index (χ0) is 52.3. The SMILES string of the molecule is Cc1ccccc1-c1cc(-c2c(Nc3ccc4c(c3)C(C)(C)CCC4(C)C)ccc3c2C(C)(C)C2=C3CCC=C2)c(Bc2ccc(-c3ccccc3)cc2N(C)c2cc3c(cc2C)C(C)(C)CCC3(C)C)cc1C. The summed E-state index contributed by atoms with van der Waals surface area (Å²) in [7, 11) is 3.08. The molecule has 11 rings (SSSR count). The quantitative estimate of drug-likeness (QED) is 0.145. The van der Waals surface area contributed by atoms with Gasteiger partial charge in [0.15, 0.2) is 7.28 Å². The summed E-state index contributed by atoms with van der Waals surface area (Å²) in [6.07, 6.45) is 11.8. The lowest BCUT2D eigenvalue weighted by Gasteiger charge is -2.43. The first-order valence-electron chi connectivity index (χ1n) is 27.8. The van der Waals surface area contributed by atoms with Crippen molar-refractivity contribution in [2.75, 3.05) is 17.3 Å². The Kier molecular flexibility index (Phi) is 12.1. The Hall–Kier alpha value is -6.32. The van der Waals surface area contributed by atoms with Gasteiger partial charge < -0.3 is 10.2 Å². The average molecular weight is 971 g/mol. The molecular weight excluding hydrogens is 892 g/mol. The highest BCUT2D eigenvalue weighted by molar-refractivity contribution is 6.70. The van der Waals surface area contributed by atoms with Gasteiger partial charge in [-0.1, -0.05) is 183 Å². The van der Waals surface area contributed by atoms with Crippen molar-refractivity contribution < 1.29 is 0 Å². The van der Waals surface area contributed by atoms with Gasteiger partial charge in [-0.3, -0.25) is 0 Å². The summed E-state index contributed by atoms with van der Waals surface area (Å²) in [5.41, 5.74) is 31.1. The normalized spacial score (nSPS) is 18.2. The first-order chi connectivity index (χ1) is 35.1.